The molecule has 1 aromatic heterocycles. The lowest BCUT2D eigenvalue weighted by atomic mass is 9.83. The Morgan fingerprint density at radius 2 is 1.81 bits per heavy atom. The van der Waals surface area contributed by atoms with Crippen molar-refractivity contribution >= 4 is 22.7 Å². The van der Waals surface area contributed by atoms with Crippen LogP contribution in [0, 0.1) is 12.3 Å². The minimum absolute atomic E-state index is 0.0636. The molecule has 2 atom stereocenters. The van der Waals surface area contributed by atoms with Gasteiger partial charge in [0.2, 0.25) is 0 Å². The molecule has 2 unspecified atom stereocenters. The first-order chi connectivity index (χ1) is 15.0. The molecule has 5 heteroatoms. The zero-order chi connectivity index (χ0) is 23.6. The lowest BCUT2D eigenvalue weighted by Gasteiger charge is -2.22. The van der Waals surface area contributed by atoms with E-state index in [9.17, 15) is 14.7 Å². The maximum Gasteiger partial charge on any atom is 0.335 e. The van der Waals surface area contributed by atoms with E-state index in [1.807, 2.05) is 45.9 Å². The standard InChI is InChI=1S/C27H32O5/c1-7-21(24-13-19-8-9-20(26(29)30)14-23(19)32-24)17(3)18-10-11-22(16(2)12-18)31-15-25(28)27(4,5)6/h8-14,17,21H,7,15H2,1-6H3,(H,29,30). The molecule has 0 fully saturated rings. The van der Waals surface area contributed by atoms with Crippen LogP contribution in [-0.4, -0.2) is 23.5 Å². The Bertz CT molecular complexity index is 1130. The van der Waals surface area contributed by atoms with Gasteiger partial charge in [-0.1, -0.05) is 52.8 Å². The van der Waals surface area contributed by atoms with E-state index in [1.54, 1.807) is 18.2 Å². The smallest absolute Gasteiger partial charge is 0.335 e. The molecule has 2 aromatic carbocycles. The van der Waals surface area contributed by atoms with E-state index in [0.717, 1.165) is 34.4 Å². The van der Waals surface area contributed by atoms with E-state index >= 15 is 0 Å². The van der Waals surface area contributed by atoms with E-state index < -0.39 is 11.4 Å². The van der Waals surface area contributed by atoms with Gasteiger partial charge in [-0.3, -0.25) is 4.79 Å². The molecule has 0 saturated carbocycles. The summed E-state index contributed by atoms with van der Waals surface area (Å²) >= 11 is 0. The molecular formula is C27H32O5. The van der Waals surface area contributed by atoms with Crippen LogP contribution in [0.15, 0.2) is 46.9 Å². The maximum atomic E-state index is 12.2. The molecule has 0 amide bonds. The van der Waals surface area contributed by atoms with Gasteiger partial charge in [-0.2, -0.15) is 0 Å². The molecule has 3 aromatic rings. The predicted molar refractivity (Wildman–Crippen MR) is 126 cm³/mol. The van der Waals surface area contributed by atoms with Crippen molar-refractivity contribution in [2.24, 2.45) is 5.41 Å². The number of carboxylic acid groups (broad SMARTS) is 1. The molecule has 170 valence electrons. The van der Waals surface area contributed by atoms with Crippen molar-refractivity contribution in [2.75, 3.05) is 6.61 Å². The van der Waals surface area contributed by atoms with Gasteiger partial charge in [0.15, 0.2) is 5.78 Å². The van der Waals surface area contributed by atoms with Gasteiger partial charge in [0.1, 0.15) is 23.7 Å². The molecule has 0 aliphatic rings. The average Bonchev–Trinajstić information content (AvgIpc) is 3.15. The van der Waals surface area contributed by atoms with Gasteiger partial charge in [0.05, 0.1) is 5.56 Å². The number of fused-ring (bicyclic) bond motifs is 1. The van der Waals surface area contributed by atoms with Crippen molar-refractivity contribution in [3.8, 4) is 5.75 Å². The molecule has 1 heterocycles. The van der Waals surface area contributed by atoms with Gasteiger partial charge in [-0.15, -0.1) is 0 Å². The minimum atomic E-state index is -0.966. The molecule has 0 radical (unpaired) electrons. The van der Waals surface area contributed by atoms with Crippen LogP contribution in [0.3, 0.4) is 0 Å². The van der Waals surface area contributed by atoms with Gasteiger partial charge in [-0.05, 0) is 54.7 Å². The Morgan fingerprint density at radius 1 is 1.09 bits per heavy atom. The zero-order valence-electron chi connectivity index (χ0n) is 19.7. The molecule has 0 aliphatic carbocycles. The second kappa shape index (κ2) is 9.19. The van der Waals surface area contributed by atoms with E-state index in [4.69, 9.17) is 9.15 Å². The Hall–Kier alpha value is -3.08. The molecule has 0 aliphatic heterocycles. The van der Waals surface area contributed by atoms with Crippen LogP contribution < -0.4 is 4.74 Å². The van der Waals surface area contributed by atoms with Gasteiger partial charge in [-0.25, -0.2) is 4.79 Å². The molecule has 0 saturated heterocycles. The third-order valence-electron chi connectivity index (χ3n) is 6.11. The maximum absolute atomic E-state index is 12.2. The number of ketones is 1. The number of furan rings is 1. The Labute approximate surface area is 189 Å². The number of ether oxygens (including phenoxy) is 1. The number of carbonyl (C=O) groups is 2. The summed E-state index contributed by atoms with van der Waals surface area (Å²) in [7, 11) is 0. The molecule has 0 bridgehead atoms. The lowest BCUT2D eigenvalue weighted by Crippen LogP contribution is -2.26. The number of hydrogen-bond donors (Lipinski definition) is 1. The number of Topliss-reactive ketones (excluding diaryl/α,β-unsaturated/α-hetero) is 1. The number of aromatic carboxylic acids is 1. The van der Waals surface area contributed by atoms with Gasteiger partial charge in [0, 0.05) is 16.7 Å². The summed E-state index contributed by atoms with van der Waals surface area (Å²) in [6.45, 7) is 12.0. The van der Waals surface area contributed by atoms with Crippen LogP contribution >= 0.6 is 0 Å². The lowest BCUT2D eigenvalue weighted by molar-refractivity contribution is -0.128. The Kier molecular flexibility index (Phi) is 6.77. The molecule has 1 N–H and O–H groups in total. The van der Waals surface area contributed by atoms with Gasteiger partial charge < -0.3 is 14.3 Å². The van der Waals surface area contributed by atoms with Crippen LogP contribution in [-0.2, 0) is 4.79 Å². The third-order valence-corrected chi connectivity index (χ3v) is 6.11. The fraction of sp³-hybridized carbons (Fsp3) is 0.407. The summed E-state index contributed by atoms with van der Waals surface area (Å²) in [5.41, 5.74) is 2.54. The van der Waals surface area contributed by atoms with Crippen molar-refractivity contribution in [1.82, 2.24) is 0 Å². The normalized spacial score (nSPS) is 13.7. The largest absolute Gasteiger partial charge is 0.486 e. The van der Waals surface area contributed by atoms with Crippen LogP contribution in [0.4, 0.5) is 0 Å². The number of benzene rings is 2. The topological polar surface area (TPSA) is 76.7 Å². The third kappa shape index (κ3) is 5.04. The Balaban J connectivity index is 1.81. The molecule has 32 heavy (non-hydrogen) atoms. The number of rotatable bonds is 8. The Morgan fingerprint density at radius 3 is 2.41 bits per heavy atom. The van der Waals surface area contributed by atoms with Crippen LogP contribution in [0.25, 0.3) is 11.0 Å². The fourth-order valence-electron chi connectivity index (χ4n) is 3.88. The van der Waals surface area contributed by atoms with Crippen molar-refractivity contribution < 1.29 is 23.8 Å². The van der Waals surface area contributed by atoms with Crippen molar-refractivity contribution in [1.29, 1.82) is 0 Å². The van der Waals surface area contributed by atoms with E-state index in [1.165, 1.54) is 0 Å². The van der Waals surface area contributed by atoms with E-state index in [-0.39, 0.29) is 29.8 Å². The molecular weight excluding hydrogens is 404 g/mol. The van der Waals surface area contributed by atoms with Gasteiger partial charge >= 0.3 is 5.97 Å². The second-order valence-electron chi connectivity index (χ2n) is 9.50. The number of hydrogen-bond acceptors (Lipinski definition) is 4. The molecule has 5 nitrogen and oxygen atoms in total. The summed E-state index contributed by atoms with van der Waals surface area (Å²) in [4.78, 5) is 23.4. The quantitative estimate of drug-likeness (QED) is 0.423. The summed E-state index contributed by atoms with van der Waals surface area (Å²) in [6.07, 6.45) is 0.879. The highest BCUT2D eigenvalue weighted by atomic mass is 16.5. The first kappa shape index (κ1) is 23.6. The predicted octanol–water partition coefficient (Wildman–Crippen LogP) is 6.73. The monoisotopic (exact) mass is 436 g/mol. The molecule has 3 rings (SSSR count). The summed E-state index contributed by atoms with van der Waals surface area (Å²) in [5, 5.41) is 10.1. The highest BCUT2D eigenvalue weighted by Gasteiger charge is 2.25. The fourth-order valence-corrected chi connectivity index (χ4v) is 3.88. The van der Waals surface area contributed by atoms with Crippen LogP contribution in [0.1, 0.15) is 80.1 Å². The van der Waals surface area contributed by atoms with Crippen LogP contribution in [0.5, 0.6) is 5.75 Å². The van der Waals surface area contributed by atoms with E-state index in [0.29, 0.717) is 5.58 Å². The van der Waals surface area contributed by atoms with Gasteiger partial charge in [0.25, 0.3) is 0 Å². The first-order valence-electron chi connectivity index (χ1n) is 11.0. The van der Waals surface area contributed by atoms with Crippen molar-refractivity contribution in [3.63, 3.8) is 0 Å². The summed E-state index contributed by atoms with van der Waals surface area (Å²) < 4.78 is 11.9. The second-order valence-corrected chi connectivity index (χ2v) is 9.50. The van der Waals surface area contributed by atoms with Crippen molar-refractivity contribution in [3.05, 3.63) is 64.9 Å². The summed E-state index contributed by atoms with van der Waals surface area (Å²) in [5.74, 6) is 0.999. The number of carbonyl (C=O) groups excluding carboxylic acids is 1. The first-order valence-corrected chi connectivity index (χ1v) is 11.0. The SMILES string of the molecule is CCC(c1cc2ccc(C(=O)O)cc2o1)C(C)c1ccc(OCC(=O)C(C)(C)C)c(C)c1. The minimum Gasteiger partial charge on any atom is -0.486 e. The highest BCUT2D eigenvalue weighted by molar-refractivity contribution is 5.92. The number of carboxylic acids is 1. The summed E-state index contributed by atoms with van der Waals surface area (Å²) in [6, 6.07) is 13.1. The highest BCUT2D eigenvalue weighted by Crippen LogP contribution is 2.39. The van der Waals surface area contributed by atoms with Crippen molar-refractivity contribution in [2.45, 2.75) is 59.8 Å². The van der Waals surface area contributed by atoms with E-state index in [2.05, 4.69) is 19.9 Å². The number of aryl methyl sites for hydroxylation is 1. The zero-order valence-corrected chi connectivity index (χ0v) is 19.7. The van der Waals surface area contributed by atoms with Crippen LogP contribution in [0.2, 0.25) is 0 Å². The molecule has 0 spiro atoms. The average molecular weight is 437 g/mol.